The quantitative estimate of drug-likeness (QED) is 0.670. The summed E-state index contributed by atoms with van der Waals surface area (Å²) in [6, 6.07) is 14.2. The van der Waals surface area contributed by atoms with Gasteiger partial charge in [-0.3, -0.25) is 4.79 Å². The van der Waals surface area contributed by atoms with Crippen LogP contribution in [0.4, 0.5) is 0 Å². The maximum atomic E-state index is 12.6. The summed E-state index contributed by atoms with van der Waals surface area (Å²) in [7, 11) is 1.65. The van der Waals surface area contributed by atoms with Gasteiger partial charge < -0.3 is 14.6 Å². The fourth-order valence-corrected chi connectivity index (χ4v) is 3.17. The molecule has 0 aliphatic rings. The third kappa shape index (κ3) is 3.99. The van der Waals surface area contributed by atoms with Gasteiger partial charge in [-0.15, -0.1) is 0 Å². The smallest absolute Gasteiger partial charge is 0.251 e. The highest BCUT2D eigenvalue weighted by Crippen LogP contribution is 2.25. The molecule has 0 aliphatic heterocycles. The molecule has 3 aromatic rings. The molecular weight excluding hydrogens is 352 g/mol. The zero-order valence-electron chi connectivity index (χ0n) is 16.4. The van der Waals surface area contributed by atoms with Crippen LogP contribution in [0.25, 0.3) is 11.0 Å². The summed E-state index contributed by atoms with van der Waals surface area (Å²) in [6.07, 6.45) is 2.08. The fraction of sp³-hybridized carbons (Fsp3) is 0.318. The monoisotopic (exact) mass is 376 g/mol. The van der Waals surface area contributed by atoms with Crippen LogP contribution in [0.1, 0.15) is 54.5 Å². The van der Waals surface area contributed by atoms with Crippen LogP contribution in [0, 0.1) is 11.3 Å². The number of amides is 1. The predicted molar refractivity (Wildman–Crippen MR) is 108 cm³/mol. The van der Waals surface area contributed by atoms with Gasteiger partial charge >= 0.3 is 0 Å². The van der Waals surface area contributed by atoms with Crippen molar-refractivity contribution in [2.24, 2.45) is 0 Å². The number of aromatic nitrogens is 2. The second-order valence-corrected chi connectivity index (χ2v) is 6.71. The minimum Gasteiger partial charge on any atom is -0.497 e. The van der Waals surface area contributed by atoms with Crippen LogP contribution >= 0.6 is 0 Å². The number of hydrogen-bond acceptors (Lipinski definition) is 4. The molecule has 1 aromatic heterocycles. The Labute approximate surface area is 164 Å². The molecule has 6 nitrogen and oxygen atoms in total. The van der Waals surface area contributed by atoms with E-state index in [1.807, 2.05) is 25.1 Å². The van der Waals surface area contributed by atoms with Crippen LogP contribution in [0.2, 0.25) is 0 Å². The van der Waals surface area contributed by atoms with Gasteiger partial charge in [-0.25, -0.2) is 4.98 Å². The highest BCUT2D eigenvalue weighted by molar-refractivity contribution is 5.94. The summed E-state index contributed by atoms with van der Waals surface area (Å²) >= 11 is 0. The van der Waals surface area contributed by atoms with E-state index in [9.17, 15) is 4.79 Å². The van der Waals surface area contributed by atoms with Gasteiger partial charge in [0.25, 0.3) is 5.91 Å². The van der Waals surface area contributed by atoms with Gasteiger partial charge in [-0.1, -0.05) is 13.3 Å². The Bertz CT molecular complexity index is 1020. The molecule has 0 spiro atoms. The predicted octanol–water partition coefficient (Wildman–Crippen LogP) is 4.21. The molecular formula is C22H24N4O2. The first-order valence-electron chi connectivity index (χ1n) is 9.42. The van der Waals surface area contributed by atoms with Crippen LogP contribution in [-0.2, 0) is 6.54 Å². The molecule has 1 N–H and O–H groups in total. The summed E-state index contributed by atoms with van der Waals surface area (Å²) in [5.74, 6) is 1.41. The lowest BCUT2D eigenvalue weighted by Gasteiger charge is -2.16. The lowest BCUT2D eigenvalue weighted by Crippen LogP contribution is -2.28. The second kappa shape index (κ2) is 8.57. The molecule has 1 amide bonds. The van der Waals surface area contributed by atoms with E-state index >= 15 is 0 Å². The molecule has 1 atom stereocenters. The Kier molecular flexibility index (Phi) is 5.95. The molecule has 1 heterocycles. The van der Waals surface area contributed by atoms with E-state index in [-0.39, 0.29) is 11.9 Å². The van der Waals surface area contributed by atoms with E-state index < -0.39 is 0 Å². The SMILES string of the molecule is CCCCn1c(C(C)NC(=O)c2ccc(C#N)cc2)nc2ccc(OC)cc21. The van der Waals surface area contributed by atoms with Gasteiger partial charge in [0.15, 0.2) is 0 Å². The number of nitrogens with one attached hydrogen (secondary N) is 1. The second-order valence-electron chi connectivity index (χ2n) is 6.71. The van der Waals surface area contributed by atoms with Gasteiger partial charge in [0.2, 0.25) is 0 Å². The van der Waals surface area contributed by atoms with Crippen LogP contribution in [-0.4, -0.2) is 22.6 Å². The van der Waals surface area contributed by atoms with Crippen molar-refractivity contribution in [2.75, 3.05) is 7.11 Å². The number of benzene rings is 2. The molecule has 2 aromatic carbocycles. The zero-order valence-corrected chi connectivity index (χ0v) is 16.4. The largest absolute Gasteiger partial charge is 0.497 e. The van der Waals surface area contributed by atoms with E-state index in [0.717, 1.165) is 42.0 Å². The standard InChI is InChI=1S/C22H24N4O2/c1-4-5-12-26-20-13-18(28-3)10-11-19(20)25-21(26)15(2)24-22(27)17-8-6-16(14-23)7-9-17/h6-11,13,15H,4-5,12H2,1-3H3,(H,24,27). The Balaban J connectivity index is 1.89. The van der Waals surface area contributed by atoms with Gasteiger partial charge in [-0.2, -0.15) is 5.26 Å². The van der Waals surface area contributed by atoms with Gasteiger partial charge in [-0.05, 0) is 49.7 Å². The summed E-state index contributed by atoms with van der Waals surface area (Å²) in [6.45, 7) is 4.91. The highest BCUT2D eigenvalue weighted by Gasteiger charge is 2.19. The molecule has 3 rings (SSSR count). The van der Waals surface area contributed by atoms with Crippen molar-refractivity contribution in [1.29, 1.82) is 5.26 Å². The normalized spacial score (nSPS) is 11.8. The number of unbranched alkanes of at least 4 members (excludes halogenated alkanes) is 1. The lowest BCUT2D eigenvalue weighted by atomic mass is 10.1. The minimum absolute atomic E-state index is 0.191. The Morgan fingerprint density at radius 2 is 2.04 bits per heavy atom. The summed E-state index contributed by atoms with van der Waals surface area (Å²) in [5.41, 5.74) is 2.93. The third-order valence-corrected chi connectivity index (χ3v) is 4.73. The van der Waals surface area contributed by atoms with Gasteiger partial charge in [0.1, 0.15) is 11.6 Å². The number of methoxy groups -OCH3 is 1. The van der Waals surface area contributed by atoms with Crippen molar-refractivity contribution >= 4 is 16.9 Å². The van der Waals surface area contributed by atoms with E-state index in [0.29, 0.717) is 11.1 Å². The molecule has 0 aliphatic carbocycles. The van der Waals surface area contributed by atoms with E-state index in [1.165, 1.54) is 0 Å². The fourth-order valence-electron chi connectivity index (χ4n) is 3.17. The first-order chi connectivity index (χ1) is 13.6. The molecule has 1 unspecified atom stereocenters. The molecule has 0 saturated carbocycles. The average molecular weight is 376 g/mol. The van der Waals surface area contributed by atoms with Crippen molar-refractivity contribution in [3.63, 3.8) is 0 Å². The van der Waals surface area contributed by atoms with Crippen LogP contribution < -0.4 is 10.1 Å². The van der Waals surface area contributed by atoms with Gasteiger partial charge in [0.05, 0.1) is 35.8 Å². The molecule has 0 saturated heterocycles. The zero-order chi connectivity index (χ0) is 20.1. The average Bonchev–Trinajstić information content (AvgIpc) is 3.09. The number of aryl methyl sites for hydroxylation is 1. The van der Waals surface area contributed by atoms with Crippen molar-refractivity contribution in [1.82, 2.24) is 14.9 Å². The lowest BCUT2D eigenvalue weighted by molar-refractivity contribution is 0.0937. The number of carbonyl (C=O) groups is 1. The molecule has 6 heteroatoms. The maximum absolute atomic E-state index is 12.6. The molecule has 0 radical (unpaired) electrons. The molecule has 0 fully saturated rings. The first kappa shape index (κ1) is 19.4. The number of fused-ring (bicyclic) bond motifs is 1. The van der Waals surface area contributed by atoms with Crippen molar-refractivity contribution in [3.05, 3.63) is 59.4 Å². The van der Waals surface area contributed by atoms with Crippen LogP contribution in [0.15, 0.2) is 42.5 Å². The molecule has 144 valence electrons. The van der Waals surface area contributed by atoms with Crippen molar-refractivity contribution in [2.45, 2.75) is 39.3 Å². The van der Waals surface area contributed by atoms with Crippen molar-refractivity contribution < 1.29 is 9.53 Å². The number of carbonyl (C=O) groups excluding carboxylic acids is 1. The number of nitrogens with zero attached hydrogens (tertiary/aromatic N) is 3. The number of hydrogen-bond donors (Lipinski definition) is 1. The van der Waals surface area contributed by atoms with E-state index in [2.05, 4.69) is 22.9 Å². The molecule has 0 bridgehead atoms. The Hall–Kier alpha value is -3.33. The van der Waals surface area contributed by atoms with E-state index in [1.54, 1.807) is 31.4 Å². The highest BCUT2D eigenvalue weighted by atomic mass is 16.5. The van der Waals surface area contributed by atoms with Gasteiger partial charge in [0, 0.05) is 18.2 Å². The summed E-state index contributed by atoms with van der Waals surface area (Å²) in [4.78, 5) is 17.4. The van der Waals surface area contributed by atoms with E-state index in [4.69, 9.17) is 15.0 Å². The number of ether oxygens (including phenoxy) is 1. The Morgan fingerprint density at radius 1 is 1.29 bits per heavy atom. The van der Waals surface area contributed by atoms with Crippen LogP contribution in [0.3, 0.4) is 0 Å². The first-order valence-corrected chi connectivity index (χ1v) is 9.42. The maximum Gasteiger partial charge on any atom is 0.251 e. The molecule has 28 heavy (non-hydrogen) atoms. The number of imidazole rings is 1. The number of nitriles is 1. The summed E-state index contributed by atoms with van der Waals surface area (Å²) in [5, 5.41) is 11.9. The third-order valence-electron chi connectivity index (χ3n) is 4.73. The van der Waals surface area contributed by atoms with Crippen LogP contribution in [0.5, 0.6) is 5.75 Å². The number of rotatable bonds is 7. The minimum atomic E-state index is -0.265. The summed E-state index contributed by atoms with van der Waals surface area (Å²) < 4.78 is 7.52. The topological polar surface area (TPSA) is 79.9 Å². The van der Waals surface area contributed by atoms with Crippen molar-refractivity contribution in [3.8, 4) is 11.8 Å². The Morgan fingerprint density at radius 3 is 2.68 bits per heavy atom.